The number of hydrogen-bond donors (Lipinski definition) is 4. The molecule has 0 radical (unpaired) electrons. The molecule has 120 valence electrons. The Balaban J connectivity index is 2.42. The van der Waals surface area contributed by atoms with E-state index in [1.165, 1.54) is 4.90 Å². The van der Waals surface area contributed by atoms with Crippen molar-refractivity contribution in [2.45, 2.75) is 31.4 Å². The van der Waals surface area contributed by atoms with Crippen LogP contribution >= 0.6 is 0 Å². The summed E-state index contributed by atoms with van der Waals surface area (Å²) < 4.78 is 5.37. The molecule has 0 saturated carbocycles. The molecule has 9 heteroatoms. The first-order valence-corrected chi connectivity index (χ1v) is 6.73. The summed E-state index contributed by atoms with van der Waals surface area (Å²) in [5, 5.41) is 19.9. The zero-order valence-electron chi connectivity index (χ0n) is 11.7. The van der Waals surface area contributed by atoms with E-state index in [0.29, 0.717) is 25.9 Å². The van der Waals surface area contributed by atoms with E-state index < -0.39 is 30.4 Å². The highest BCUT2D eigenvalue weighted by molar-refractivity contribution is 5.87. The Hall–Kier alpha value is -1.87. The summed E-state index contributed by atoms with van der Waals surface area (Å²) in [6, 6.07) is -1.86. The van der Waals surface area contributed by atoms with Gasteiger partial charge in [0.15, 0.2) is 0 Å². The fourth-order valence-corrected chi connectivity index (χ4v) is 2.09. The number of aliphatic hydroxyl groups is 1. The molecule has 1 aliphatic rings. The van der Waals surface area contributed by atoms with Gasteiger partial charge in [0.25, 0.3) is 0 Å². The SMILES string of the molecule is NC(=O)CC(NC(=O)N1CCC(OCCO)CC1)C(=O)O. The Morgan fingerprint density at radius 1 is 1.33 bits per heavy atom. The lowest BCUT2D eigenvalue weighted by Gasteiger charge is -2.32. The third kappa shape index (κ3) is 5.96. The molecule has 0 spiro atoms. The molecule has 1 atom stereocenters. The molecule has 1 rings (SSSR count). The molecule has 1 unspecified atom stereocenters. The molecule has 0 aromatic heterocycles. The first-order valence-electron chi connectivity index (χ1n) is 6.73. The second-order valence-corrected chi connectivity index (χ2v) is 4.79. The Morgan fingerprint density at radius 2 is 1.95 bits per heavy atom. The van der Waals surface area contributed by atoms with Gasteiger partial charge in [0, 0.05) is 13.1 Å². The van der Waals surface area contributed by atoms with Crippen LogP contribution in [-0.2, 0) is 14.3 Å². The molecule has 0 aliphatic carbocycles. The second kappa shape index (κ2) is 8.42. The maximum absolute atomic E-state index is 11.9. The highest BCUT2D eigenvalue weighted by Crippen LogP contribution is 2.13. The number of primary amides is 1. The van der Waals surface area contributed by atoms with Gasteiger partial charge in [-0.3, -0.25) is 4.79 Å². The number of carboxylic acids is 1. The number of carbonyl (C=O) groups excluding carboxylic acids is 2. The van der Waals surface area contributed by atoms with E-state index in [2.05, 4.69) is 5.32 Å². The number of aliphatic carboxylic acids is 1. The number of nitrogens with zero attached hydrogens (tertiary/aromatic N) is 1. The van der Waals surface area contributed by atoms with Crippen LogP contribution < -0.4 is 11.1 Å². The van der Waals surface area contributed by atoms with Gasteiger partial charge >= 0.3 is 12.0 Å². The number of urea groups is 1. The van der Waals surface area contributed by atoms with Crippen LogP contribution in [0.4, 0.5) is 4.79 Å². The van der Waals surface area contributed by atoms with E-state index in [0.717, 1.165) is 0 Å². The minimum atomic E-state index is -1.32. The van der Waals surface area contributed by atoms with E-state index >= 15 is 0 Å². The van der Waals surface area contributed by atoms with Crippen LogP contribution in [0.3, 0.4) is 0 Å². The van der Waals surface area contributed by atoms with E-state index in [9.17, 15) is 14.4 Å². The number of carbonyl (C=O) groups is 3. The van der Waals surface area contributed by atoms with Gasteiger partial charge in [-0.15, -0.1) is 0 Å². The van der Waals surface area contributed by atoms with Crippen molar-refractivity contribution in [3.8, 4) is 0 Å². The summed E-state index contributed by atoms with van der Waals surface area (Å²) in [4.78, 5) is 35.1. The lowest BCUT2D eigenvalue weighted by Crippen LogP contribution is -2.51. The second-order valence-electron chi connectivity index (χ2n) is 4.79. The Morgan fingerprint density at radius 3 is 2.43 bits per heavy atom. The largest absolute Gasteiger partial charge is 0.480 e. The molecule has 9 nitrogen and oxygen atoms in total. The zero-order chi connectivity index (χ0) is 15.8. The summed E-state index contributed by atoms with van der Waals surface area (Å²) >= 11 is 0. The summed E-state index contributed by atoms with van der Waals surface area (Å²) in [7, 11) is 0. The van der Waals surface area contributed by atoms with Gasteiger partial charge in [-0.25, -0.2) is 9.59 Å². The molecule has 5 N–H and O–H groups in total. The maximum Gasteiger partial charge on any atom is 0.326 e. The van der Waals surface area contributed by atoms with Gasteiger partial charge in [-0.1, -0.05) is 0 Å². The molecule has 1 heterocycles. The van der Waals surface area contributed by atoms with E-state index in [1.807, 2.05) is 0 Å². The number of nitrogens with one attached hydrogen (secondary N) is 1. The van der Waals surface area contributed by atoms with Crippen molar-refractivity contribution < 1.29 is 29.3 Å². The van der Waals surface area contributed by atoms with Crippen LogP contribution in [-0.4, -0.2) is 71.5 Å². The molecule has 1 aliphatic heterocycles. The number of hydrogen-bond acceptors (Lipinski definition) is 5. The van der Waals surface area contributed by atoms with E-state index in [4.69, 9.17) is 20.7 Å². The number of carboxylic acid groups (broad SMARTS) is 1. The molecule has 0 aromatic carbocycles. The average molecular weight is 303 g/mol. The van der Waals surface area contributed by atoms with Crippen molar-refractivity contribution in [1.82, 2.24) is 10.2 Å². The number of likely N-dealkylation sites (tertiary alicyclic amines) is 1. The Bertz CT molecular complexity index is 381. The van der Waals surface area contributed by atoms with E-state index in [1.54, 1.807) is 0 Å². The molecule has 21 heavy (non-hydrogen) atoms. The minimum Gasteiger partial charge on any atom is -0.480 e. The van der Waals surface area contributed by atoms with Crippen molar-refractivity contribution in [3.05, 3.63) is 0 Å². The van der Waals surface area contributed by atoms with Crippen molar-refractivity contribution in [2.75, 3.05) is 26.3 Å². The predicted octanol–water partition coefficient (Wildman–Crippen LogP) is -1.50. The van der Waals surface area contributed by atoms with Gasteiger partial charge in [0.1, 0.15) is 6.04 Å². The summed E-state index contributed by atoms with van der Waals surface area (Å²) in [6.07, 6.45) is 0.765. The number of nitrogens with two attached hydrogens (primary N) is 1. The number of amides is 3. The number of aliphatic hydroxyl groups excluding tert-OH is 1. The average Bonchev–Trinajstić information content (AvgIpc) is 2.44. The molecule has 1 saturated heterocycles. The van der Waals surface area contributed by atoms with Crippen LogP contribution in [0, 0.1) is 0 Å². The Labute approximate surface area is 122 Å². The van der Waals surface area contributed by atoms with Crippen molar-refractivity contribution in [1.29, 1.82) is 0 Å². The fourth-order valence-electron chi connectivity index (χ4n) is 2.09. The monoisotopic (exact) mass is 303 g/mol. The minimum absolute atomic E-state index is 0.0120. The van der Waals surface area contributed by atoms with E-state index in [-0.39, 0.29) is 19.3 Å². The fraction of sp³-hybridized carbons (Fsp3) is 0.750. The molecule has 0 bridgehead atoms. The van der Waals surface area contributed by atoms with Gasteiger partial charge < -0.3 is 30.9 Å². The zero-order valence-corrected chi connectivity index (χ0v) is 11.7. The summed E-state index contributed by atoms with van der Waals surface area (Å²) in [5.74, 6) is -2.10. The summed E-state index contributed by atoms with van der Waals surface area (Å²) in [5.41, 5.74) is 4.95. The first-order chi connectivity index (χ1) is 9.93. The number of rotatable bonds is 7. The van der Waals surface area contributed by atoms with Crippen LogP contribution in [0.25, 0.3) is 0 Å². The van der Waals surface area contributed by atoms with Crippen LogP contribution in [0.15, 0.2) is 0 Å². The number of piperidine rings is 1. The standard InChI is InChI=1S/C12H21N3O6/c13-10(17)7-9(11(18)19)14-12(20)15-3-1-8(2-4-15)21-6-5-16/h8-9,16H,1-7H2,(H2,13,17)(H,14,20)(H,18,19). The van der Waals surface area contributed by atoms with Crippen LogP contribution in [0.2, 0.25) is 0 Å². The normalized spacial score (nSPS) is 17.3. The van der Waals surface area contributed by atoms with Crippen LogP contribution in [0.1, 0.15) is 19.3 Å². The quantitative estimate of drug-likeness (QED) is 0.451. The van der Waals surface area contributed by atoms with Crippen molar-refractivity contribution in [2.24, 2.45) is 5.73 Å². The van der Waals surface area contributed by atoms with Crippen molar-refractivity contribution >= 4 is 17.9 Å². The number of ether oxygens (including phenoxy) is 1. The van der Waals surface area contributed by atoms with Gasteiger partial charge in [-0.05, 0) is 12.8 Å². The van der Waals surface area contributed by atoms with Crippen molar-refractivity contribution in [3.63, 3.8) is 0 Å². The molecule has 1 fully saturated rings. The highest BCUT2D eigenvalue weighted by Gasteiger charge is 2.27. The smallest absolute Gasteiger partial charge is 0.326 e. The Kier molecular flexibility index (Phi) is 6.89. The lowest BCUT2D eigenvalue weighted by atomic mass is 10.1. The molecule has 0 aromatic rings. The highest BCUT2D eigenvalue weighted by atomic mass is 16.5. The van der Waals surface area contributed by atoms with Gasteiger partial charge in [0.2, 0.25) is 5.91 Å². The molecule has 3 amide bonds. The third-order valence-corrected chi connectivity index (χ3v) is 3.18. The predicted molar refractivity (Wildman–Crippen MR) is 71.4 cm³/mol. The lowest BCUT2D eigenvalue weighted by molar-refractivity contribution is -0.141. The topological polar surface area (TPSA) is 142 Å². The maximum atomic E-state index is 11.9. The van der Waals surface area contributed by atoms with Gasteiger partial charge in [-0.2, -0.15) is 0 Å². The third-order valence-electron chi connectivity index (χ3n) is 3.18. The van der Waals surface area contributed by atoms with Crippen LogP contribution in [0.5, 0.6) is 0 Å². The first kappa shape index (κ1) is 17.2. The molecular formula is C12H21N3O6. The molecular weight excluding hydrogens is 282 g/mol. The summed E-state index contributed by atoms with van der Waals surface area (Å²) in [6.45, 7) is 1.06. The van der Waals surface area contributed by atoms with Gasteiger partial charge in [0.05, 0.1) is 25.7 Å².